The van der Waals surface area contributed by atoms with Crippen molar-refractivity contribution in [3.8, 4) is 0 Å². The molecule has 31 heavy (non-hydrogen) atoms. The minimum atomic E-state index is -0.310. The summed E-state index contributed by atoms with van der Waals surface area (Å²) in [5, 5.41) is 5.65. The zero-order valence-corrected chi connectivity index (χ0v) is 18.0. The SMILES string of the molecule is CC(C)(C)c1ccc(C(=O)Nc2cccc(NC(=O)CCc3ccccc3F)c2)cc1. The third-order valence-corrected chi connectivity index (χ3v) is 5.00. The van der Waals surface area contributed by atoms with E-state index in [1.165, 1.54) is 6.07 Å². The molecule has 0 heterocycles. The van der Waals surface area contributed by atoms with Gasteiger partial charge in [0.15, 0.2) is 0 Å². The van der Waals surface area contributed by atoms with Crippen molar-refractivity contribution in [3.05, 3.63) is 95.3 Å². The summed E-state index contributed by atoms with van der Waals surface area (Å²) in [6, 6.07) is 20.9. The van der Waals surface area contributed by atoms with Crippen molar-refractivity contribution >= 4 is 23.2 Å². The van der Waals surface area contributed by atoms with Crippen molar-refractivity contribution in [2.24, 2.45) is 0 Å². The second kappa shape index (κ2) is 9.56. The first-order valence-corrected chi connectivity index (χ1v) is 10.3. The van der Waals surface area contributed by atoms with Crippen LogP contribution >= 0.6 is 0 Å². The summed E-state index contributed by atoms with van der Waals surface area (Å²) in [6.07, 6.45) is 0.483. The number of hydrogen-bond acceptors (Lipinski definition) is 2. The smallest absolute Gasteiger partial charge is 0.255 e. The lowest BCUT2D eigenvalue weighted by atomic mass is 9.87. The summed E-state index contributed by atoms with van der Waals surface area (Å²) >= 11 is 0. The van der Waals surface area contributed by atoms with E-state index >= 15 is 0 Å². The lowest BCUT2D eigenvalue weighted by Crippen LogP contribution is -2.15. The first-order chi connectivity index (χ1) is 14.7. The molecule has 0 spiro atoms. The number of benzene rings is 3. The van der Waals surface area contributed by atoms with E-state index in [9.17, 15) is 14.0 Å². The Kier molecular flexibility index (Phi) is 6.85. The Labute approximate surface area is 182 Å². The van der Waals surface area contributed by atoms with Crippen LogP contribution in [0.15, 0.2) is 72.8 Å². The zero-order chi connectivity index (χ0) is 22.4. The van der Waals surface area contributed by atoms with Crippen molar-refractivity contribution < 1.29 is 14.0 Å². The molecule has 2 amide bonds. The Morgan fingerprint density at radius 1 is 0.839 bits per heavy atom. The van der Waals surface area contributed by atoms with Crippen LogP contribution in [0.2, 0.25) is 0 Å². The number of nitrogens with one attached hydrogen (secondary N) is 2. The summed E-state index contributed by atoms with van der Waals surface area (Å²) in [4.78, 5) is 24.8. The Hall–Kier alpha value is -3.47. The minimum Gasteiger partial charge on any atom is -0.326 e. The van der Waals surface area contributed by atoms with E-state index in [4.69, 9.17) is 0 Å². The number of amides is 2. The number of carbonyl (C=O) groups excluding carboxylic acids is 2. The number of rotatable bonds is 6. The summed E-state index contributed by atoms with van der Waals surface area (Å²) in [5.74, 6) is -0.747. The molecular weight excluding hydrogens is 391 g/mol. The van der Waals surface area contributed by atoms with Crippen LogP contribution in [-0.4, -0.2) is 11.8 Å². The molecule has 0 aromatic heterocycles. The number of anilines is 2. The molecule has 0 radical (unpaired) electrons. The van der Waals surface area contributed by atoms with Crippen LogP contribution in [0.1, 0.15) is 48.7 Å². The normalized spacial score (nSPS) is 11.1. The van der Waals surface area contributed by atoms with E-state index in [2.05, 4.69) is 31.4 Å². The molecule has 0 aliphatic carbocycles. The van der Waals surface area contributed by atoms with Crippen LogP contribution in [0.4, 0.5) is 15.8 Å². The van der Waals surface area contributed by atoms with Gasteiger partial charge >= 0.3 is 0 Å². The van der Waals surface area contributed by atoms with Crippen molar-refractivity contribution in [3.63, 3.8) is 0 Å². The zero-order valence-electron chi connectivity index (χ0n) is 18.0. The molecule has 2 N–H and O–H groups in total. The molecule has 0 aliphatic rings. The van der Waals surface area contributed by atoms with E-state index in [0.29, 0.717) is 28.9 Å². The van der Waals surface area contributed by atoms with Gasteiger partial charge in [-0.2, -0.15) is 0 Å². The van der Waals surface area contributed by atoms with Crippen molar-refractivity contribution in [2.45, 2.75) is 39.0 Å². The van der Waals surface area contributed by atoms with Crippen LogP contribution < -0.4 is 10.6 Å². The number of aryl methyl sites for hydroxylation is 1. The predicted molar refractivity (Wildman–Crippen MR) is 123 cm³/mol. The molecular formula is C26H27FN2O2. The molecule has 3 rings (SSSR count). The molecule has 3 aromatic carbocycles. The predicted octanol–water partition coefficient (Wildman–Crippen LogP) is 5.95. The fourth-order valence-corrected chi connectivity index (χ4v) is 3.17. The third kappa shape index (κ3) is 6.25. The monoisotopic (exact) mass is 418 g/mol. The lowest BCUT2D eigenvalue weighted by Gasteiger charge is -2.19. The average Bonchev–Trinajstić information content (AvgIpc) is 2.73. The minimum absolute atomic E-state index is 0.0217. The number of halogens is 1. The summed E-state index contributed by atoms with van der Waals surface area (Å²) < 4.78 is 13.7. The first kappa shape index (κ1) is 22.2. The molecule has 160 valence electrons. The Morgan fingerprint density at radius 3 is 2.13 bits per heavy atom. The van der Waals surface area contributed by atoms with Gasteiger partial charge in [0, 0.05) is 23.4 Å². The second-order valence-electron chi connectivity index (χ2n) is 8.50. The van der Waals surface area contributed by atoms with Gasteiger partial charge in [-0.1, -0.05) is 57.2 Å². The molecule has 0 saturated heterocycles. The van der Waals surface area contributed by atoms with Crippen molar-refractivity contribution in [1.29, 1.82) is 0 Å². The van der Waals surface area contributed by atoms with Gasteiger partial charge in [-0.05, 0) is 59.4 Å². The van der Waals surface area contributed by atoms with Gasteiger partial charge in [0.05, 0.1) is 0 Å². The lowest BCUT2D eigenvalue weighted by molar-refractivity contribution is -0.116. The van der Waals surface area contributed by atoms with Crippen LogP contribution in [-0.2, 0) is 16.6 Å². The molecule has 0 unspecified atom stereocenters. The summed E-state index contributed by atoms with van der Waals surface area (Å²) in [7, 11) is 0. The maximum absolute atomic E-state index is 13.7. The van der Waals surface area contributed by atoms with E-state index in [1.54, 1.807) is 42.5 Å². The summed E-state index contributed by atoms with van der Waals surface area (Å²) in [6.45, 7) is 6.37. The van der Waals surface area contributed by atoms with E-state index in [-0.39, 0.29) is 29.5 Å². The first-order valence-electron chi connectivity index (χ1n) is 10.3. The van der Waals surface area contributed by atoms with Crippen LogP contribution in [0.5, 0.6) is 0 Å². The van der Waals surface area contributed by atoms with Gasteiger partial charge < -0.3 is 10.6 Å². The maximum atomic E-state index is 13.7. The van der Waals surface area contributed by atoms with E-state index in [1.807, 2.05) is 24.3 Å². The molecule has 4 nitrogen and oxygen atoms in total. The largest absolute Gasteiger partial charge is 0.326 e. The molecule has 0 atom stereocenters. The molecule has 0 bridgehead atoms. The van der Waals surface area contributed by atoms with Gasteiger partial charge in [0.1, 0.15) is 5.82 Å². The maximum Gasteiger partial charge on any atom is 0.255 e. The number of hydrogen-bond donors (Lipinski definition) is 2. The van der Waals surface area contributed by atoms with Crippen molar-refractivity contribution in [2.75, 3.05) is 10.6 Å². The highest BCUT2D eigenvalue weighted by molar-refractivity contribution is 6.04. The Bertz CT molecular complexity index is 1070. The number of carbonyl (C=O) groups is 2. The molecule has 0 fully saturated rings. The fraction of sp³-hybridized carbons (Fsp3) is 0.231. The van der Waals surface area contributed by atoms with Crippen molar-refractivity contribution in [1.82, 2.24) is 0 Å². The highest BCUT2D eigenvalue weighted by Crippen LogP contribution is 2.23. The van der Waals surface area contributed by atoms with Gasteiger partial charge in [-0.3, -0.25) is 9.59 Å². The highest BCUT2D eigenvalue weighted by Gasteiger charge is 2.14. The van der Waals surface area contributed by atoms with Crippen LogP contribution in [0.3, 0.4) is 0 Å². The van der Waals surface area contributed by atoms with Crippen LogP contribution in [0, 0.1) is 5.82 Å². The van der Waals surface area contributed by atoms with E-state index < -0.39 is 0 Å². The highest BCUT2D eigenvalue weighted by atomic mass is 19.1. The third-order valence-electron chi connectivity index (χ3n) is 5.00. The van der Waals surface area contributed by atoms with Gasteiger partial charge in [-0.25, -0.2) is 4.39 Å². The second-order valence-corrected chi connectivity index (χ2v) is 8.50. The summed E-state index contributed by atoms with van der Waals surface area (Å²) in [5.41, 5.74) is 3.40. The fourth-order valence-electron chi connectivity index (χ4n) is 3.17. The molecule has 0 aliphatic heterocycles. The van der Waals surface area contributed by atoms with Crippen LogP contribution in [0.25, 0.3) is 0 Å². The molecule has 5 heteroatoms. The topological polar surface area (TPSA) is 58.2 Å². The van der Waals surface area contributed by atoms with Gasteiger partial charge in [0.2, 0.25) is 5.91 Å². The van der Waals surface area contributed by atoms with E-state index in [0.717, 1.165) is 5.56 Å². The molecule has 0 saturated carbocycles. The van der Waals surface area contributed by atoms with Gasteiger partial charge in [-0.15, -0.1) is 0 Å². The molecule has 3 aromatic rings. The quantitative estimate of drug-likeness (QED) is 0.520. The average molecular weight is 419 g/mol. The Balaban J connectivity index is 1.59. The Morgan fingerprint density at radius 2 is 1.48 bits per heavy atom. The van der Waals surface area contributed by atoms with Gasteiger partial charge in [0.25, 0.3) is 5.91 Å². The standard InChI is InChI=1S/C26H27FN2O2/c1-26(2,3)20-14-11-19(12-15-20)25(31)29-22-9-6-8-21(17-22)28-24(30)16-13-18-7-4-5-10-23(18)27/h4-12,14-15,17H,13,16H2,1-3H3,(H,28,30)(H,29,31).